The lowest BCUT2D eigenvalue weighted by molar-refractivity contribution is 0.689. The van der Waals surface area contributed by atoms with E-state index in [-0.39, 0.29) is 5.95 Å². The second-order valence-electron chi connectivity index (χ2n) is 3.92. The van der Waals surface area contributed by atoms with Crippen LogP contribution in [0.3, 0.4) is 0 Å². The first kappa shape index (κ1) is 9.95. The van der Waals surface area contributed by atoms with E-state index in [1.54, 1.807) is 0 Å². The van der Waals surface area contributed by atoms with Gasteiger partial charge in [-0.15, -0.1) is 0 Å². The fourth-order valence-corrected chi connectivity index (χ4v) is 1.99. The van der Waals surface area contributed by atoms with Gasteiger partial charge in [-0.3, -0.25) is 4.98 Å². The summed E-state index contributed by atoms with van der Waals surface area (Å²) in [4.78, 5) is 18.5. The second kappa shape index (κ2) is 3.97. The molecule has 0 saturated heterocycles. The molecule has 0 spiro atoms. The van der Waals surface area contributed by atoms with Crippen LogP contribution in [0.4, 0.5) is 11.9 Å². The van der Waals surface area contributed by atoms with Crippen LogP contribution in [0.2, 0.25) is 0 Å². The molecule has 0 amide bonds. The summed E-state index contributed by atoms with van der Waals surface area (Å²) in [5, 5.41) is 0. The standard InChI is InChI=1S/C11H12N6/c12-10-14-7-15-11(16-10)17-5-3-9-8(6-17)2-1-4-13-9/h1-2,4,7H,3,5-6H2,(H2,12,14,15,16). The molecule has 0 fully saturated rings. The van der Waals surface area contributed by atoms with Gasteiger partial charge in [-0.1, -0.05) is 6.07 Å². The zero-order valence-electron chi connectivity index (χ0n) is 9.24. The molecule has 17 heavy (non-hydrogen) atoms. The summed E-state index contributed by atoms with van der Waals surface area (Å²) in [5.41, 5.74) is 7.94. The molecule has 6 heteroatoms. The van der Waals surface area contributed by atoms with E-state index in [4.69, 9.17) is 5.73 Å². The molecule has 1 aliphatic rings. The van der Waals surface area contributed by atoms with Crippen LogP contribution in [0.25, 0.3) is 0 Å². The summed E-state index contributed by atoms with van der Waals surface area (Å²) in [6, 6.07) is 4.03. The van der Waals surface area contributed by atoms with Crippen LogP contribution >= 0.6 is 0 Å². The van der Waals surface area contributed by atoms with E-state index in [9.17, 15) is 0 Å². The molecule has 0 aliphatic carbocycles. The third-order valence-corrected chi connectivity index (χ3v) is 2.82. The van der Waals surface area contributed by atoms with Gasteiger partial charge in [-0.05, 0) is 11.6 Å². The zero-order chi connectivity index (χ0) is 11.7. The van der Waals surface area contributed by atoms with Crippen molar-refractivity contribution in [2.24, 2.45) is 0 Å². The van der Waals surface area contributed by atoms with Gasteiger partial charge in [0.1, 0.15) is 6.33 Å². The average molecular weight is 228 g/mol. The van der Waals surface area contributed by atoms with E-state index in [0.29, 0.717) is 5.95 Å². The minimum Gasteiger partial charge on any atom is -0.368 e. The molecule has 6 nitrogen and oxygen atoms in total. The van der Waals surface area contributed by atoms with Crippen LogP contribution in [0, 0.1) is 0 Å². The van der Waals surface area contributed by atoms with Crippen molar-refractivity contribution in [2.45, 2.75) is 13.0 Å². The number of pyridine rings is 1. The van der Waals surface area contributed by atoms with Crippen molar-refractivity contribution in [2.75, 3.05) is 17.2 Å². The SMILES string of the molecule is Nc1ncnc(N2CCc3ncccc3C2)n1. The fourth-order valence-electron chi connectivity index (χ4n) is 1.99. The smallest absolute Gasteiger partial charge is 0.230 e. The van der Waals surface area contributed by atoms with E-state index >= 15 is 0 Å². The molecule has 0 saturated carbocycles. The van der Waals surface area contributed by atoms with E-state index < -0.39 is 0 Å². The Morgan fingerprint density at radius 1 is 1.24 bits per heavy atom. The van der Waals surface area contributed by atoms with Gasteiger partial charge >= 0.3 is 0 Å². The monoisotopic (exact) mass is 228 g/mol. The zero-order valence-corrected chi connectivity index (χ0v) is 9.24. The lowest BCUT2D eigenvalue weighted by atomic mass is 10.1. The number of fused-ring (bicyclic) bond motifs is 1. The molecule has 3 heterocycles. The van der Waals surface area contributed by atoms with Crippen molar-refractivity contribution in [1.29, 1.82) is 0 Å². The molecular formula is C11H12N6. The Labute approximate surface area is 98.6 Å². The molecule has 2 N–H and O–H groups in total. The van der Waals surface area contributed by atoms with Crippen molar-refractivity contribution in [1.82, 2.24) is 19.9 Å². The molecular weight excluding hydrogens is 216 g/mol. The minimum absolute atomic E-state index is 0.256. The highest BCUT2D eigenvalue weighted by molar-refractivity contribution is 5.38. The largest absolute Gasteiger partial charge is 0.368 e. The lowest BCUT2D eigenvalue weighted by Crippen LogP contribution is -2.32. The first-order chi connectivity index (χ1) is 8.33. The first-order valence-electron chi connectivity index (χ1n) is 5.45. The quantitative estimate of drug-likeness (QED) is 0.761. The van der Waals surface area contributed by atoms with Crippen molar-refractivity contribution in [3.05, 3.63) is 35.9 Å². The maximum Gasteiger partial charge on any atom is 0.230 e. The van der Waals surface area contributed by atoms with Crippen LogP contribution in [0.15, 0.2) is 24.7 Å². The molecule has 3 rings (SSSR count). The Morgan fingerprint density at radius 3 is 3.06 bits per heavy atom. The maximum absolute atomic E-state index is 5.56. The number of nitrogens with zero attached hydrogens (tertiary/aromatic N) is 5. The molecule has 0 radical (unpaired) electrons. The molecule has 2 aromatic rings. The average Bonchev–Trinajstić information content (AvgIpc) is 2.38. The van der Waals surface area contributed by atoms with Crippen LogP contribution in [0.5, 0.6) is 0 Å². The fraction of sp³-hybridized carbons (Fsp3) is 0.273. The lowest BCUT2D eigenvalue weighted by Gasteiger charge is -2.27. The molecule has 0 aromatic carbocycles. The molecule has 2 aromatic heterocycles. The highest BCUT2D eigenvalue weighted by Gasteiger charge is 2.18. The first-order valence-corrected chi connectivity index (χ1v) is 5.45. The topological polar surface area (TPSA) is 80.8 Å². The Morgan fingerprint density at radius 2 is 2.18 bits per heavy atom. The summed E-state index contributed by atoms with van der Waals surface area (Å²) in [6.45, 7) is 1.63. The number of rotatable bonds is 1. The van der Waals surface area contributed by atoms with Crippen molar-refractivity contribution in [3.8, 4) is 0 Å². The van der Waals surface area contributed by atoms with Crippen LogP contribution in [0.1, 0.15) is 11.3 Å². The normalized spacial score (nSPS) is 14.5. The molecule has 0 atom stereocenters. The van der Waals surface area contributed by atoms with Crippen LogP contribution < -0.4 is 10.6 Å². The van der Waals surface area contributed by atoms with Crippen molar-refractivity contribution >= 4 is 11.9 Å². The van der Waals surface area contributed by atoms with E-state index in [2.05, 4.69) is 30.9 Å². The summed E-state index contributed by atoms with van der Waals surface area (Å²) in [7, 11) is 0. The van der Waals surface area contributed by atoms with Gasteiger partial charge in [0.2, 0.25) is 11.9 Å². The van der Waals surface area contributed by atoms with Crippen molar-refractivity contribution < 1.29 is 0 Å². The summed E-state index contributed by atoms with van der Waals surface area (Å²) < 4.78 is 0. The van der Waals surface area contributed by atoms with Gasteiger partial charge in [-0.25, -0.2) is 9.97 Å². The number of anilines is 2. The Balaban J connectivity index is 1.89. The highest BCUT2D eigenvalue weighted by Crippen LogP contribution is 2.19. The van der Waals surface area contributed by atoms with E-state index in [1.807, 2.05) is 12.3 Å². The Kier molecular flexibility index (Phi) is 2.32. The number of aromatic nitrogens is 4. The molecule has 1 aliphatic heterocycles. The number of nitrogen functional groups attached to an aromatic ring is 1. The summed E-state index contributed by atoms with van der Waals surface area (Å²) in [6.07, 6.45) is 4.17. The highest BCUT2D eigenvalue weighted by atomic mass is 15.3. The van der Waals surface area contributed by atoms with E-state index in [0.717, 1.165) is 25.2 Å². The number of hydrogen-bond acceptors (Lipinski definition) is 6. The Hall–Kier alpha value is -2.24. The minimum atomic E-state index is 0.256. The van der Waals surface area contributed by atoms with Crippen LogP contribution in [-0.4, -0.2) is 26.5 Å². The number of nitrogens with two attached hydrogens (primary N) is 1. The summed E-state index contributed by atoms with van der Waals surface area (Å²) >= 11 is 0. The molecule has 86 valence electrons. The third-order valence-electron chi connectivity index (χ3n) is 2.82. The molecule has 0 bridgehead atoms. The Bertz CT molecular complexity index is 541. The van der Waals surface area contributed by atoms with Gasteiger partial charge in [0.15, 0.2) is 0 Å². The van der Waals surface area contributed by atoms with Gasteiger partial charge in [0, 0.05) is 31.4 Å². The van der Waals surface area contributed by atoms with Gasteiger partial charge < -0.3 is 10.6 Å². The third kappa shape index (κ3) is 1.89. The van der Waals surface area contributed by atoms with Gasteiger partial charge in [0.05, 0.1) is 0 Å². The van der Waals surface area contributed by atoms with Gasteiger partial charge in [-0.2, -0.15) is 4.98 Å². The van der Waals surface area contributed by atoms with Crippen LogP contribution in [-0.2, 0) is 13.0 Å². The predicted molar refractivity (Wildman–Crippen MR) is 63.2 cm³/mol. The maximum atomic E-state index is 5.56. The van der Waals surface area contributed by atoms with E-state index in [1.165, 1.54) is 11.9 Å². The predicted octanol–water partition coefficient (Wildman–Crippen LogP) is 0.411. The number of hydrogen-bond donors (Lipinski definition) is 1. The van der Waals surface area contributed by atoms with Crippen molar-refractivity contribution in [3.63, 3.8) is 0 Å². The molecule has 0 unspecified atom stereocenters. The second-order valence-corrected chi connectivity index (χ2v) is 3.92. The summed E-state index contributed by atoms with van der Waals surface area (Å²) in [5.74, 6) is 0.888. The van der Waals surface area contributed by atoms with Gasteiger partial charge in [0.25, 0.3) is 0 Å².